The molecular weight excluding hydrogens is 330 g/mol. The molecule has 96 valence electrons. The number of hydrogen-bond acceptors (Lipinski definition) is 3. The van der Waals surface area contributed by atoms with Gasteiger partial charge in [0.15, 0.2) is 3.79 Å². The standard InChI is InChI=1S/C8H13Cl3N2S2.ClH/c1-12-2-4-13(5-3-12)7(14)15-6-8(9,10)11;/h2-6H2,1H3;1H. The van der Waals surface area contributed by atoms with E-state index in [1.54, 1.807) is 0 Å². The molecule has 1 fully saturated rings. The SMILES string of the molecule is CN1CCN(C(=S)SCC(Cl)(Cl)Cl)CC1.Cl. The normalized spacial score (nSPS) is 18.1. The molecule has 1 aliphatic rings. The molecule has 1 saturated heterocycles. The lowest BCUT2D eigenvalue weighted by atomic mass is 10.4. The summed E-state index contributed by atoms with van der Waals surface area (Å²) in [6, 6.07) is 0. The van der Waals surface area contributed by atoms with Crippen molar-refractivity contribution in [1.29, 1.82) is 0 Å². The molecule has 1 heterocycles. The number of thiocarbonyl (C=S) groups is 1. The monoisotopic (exact) mass is 342 g/mol. The summed E-state index contributed by atoms with van der Waals surface area (Å²) < 4.78 is -0.393. The summed E-state index contributed by atoms with van der Waals surface area (Å²) in [7, 11) is 2.11. The van der Waals surface area contributed by atoms with Crippen molar-refractivity contribution in [1.82, 2.24) is 9.80 Å². The van der Waals surface area contributed by atoms with E-state index in [0.29, 0.717) is 5.75 Å². The Balaban J connectivity index is 0.00000225. The molecule has 0 aromatic rings. The first-order valence-corrected chi connectivity index (χ1v) is 7.08. The molecule has 0 aromatic heterocycles. The summed E-state index contributed by atoms with van der Waals surface area (Å²) in [4.78, 5) is 4.44. The van der Waals surface area contributed by atoms with Gasteiger partial charge in [-0.3, -0.25) is 0 Å². The molecule has 0 unspecified atom stereocenters. The van der Waals surface area contributed by atoms with E-state index in [1.165, 1.54) is 11.8 Å². The fourth-order valence-corrected chi connectivity index (χ4v) is 2.73. The van der Waals surface area contributed by atoms with Gasteiger partial charge < -0.3 is 9.80 Å². The zero-order valence-corrected chi connectivity index (χ0v) is 13.5. The van der Waals surface area contributed by atoms with Crippen LogP contribution < -0.4 is 0 Å². The van der Waals surface area contributed by atoms with Crippen LogP contribution in [-0.4, -0.2) is 56.9 Å². The van der Waals surface area contributed by atoms with Gasteiger partial charge in [-0.2, -0.15) is 0 Å². The van der Waals surface area contributed by atoms with Crippen LogP contribution >= 0.6 is 71.2 Å². The fraction of sp³-hybridized carbons (Fsp3) is 0.875. The molecule has 8 heteroatoms. The number of alkyl halides is 3. The second-order valence-electron chi connectivity index (χ2n) is 3.46. The van der Waals surface area contributed by atoms with E-state index in [-0.39, 0.29) is 12.4 Å². The van der Waals surface area contributed by atoms with Crippen molar-refractivity contribution in [2.75, 3.05) is 39.0 Å². The lowest BCUT2D eigenvalue weighted by Crippen LogP contribution is -2.46. The van der Waals surface area contributed by atoms with Crippen LogP contribution in [0.1, 0.15) is 0 Å². The minimum absolute atomic E-state index is 0. The third-order valence-corrected chi connectivity index (χ3v) is 4.69. The van der Waals surface area contributed by atoms with Crippen LogP contribution in [0.15, 0.2) is 0 Å². The molecule has 1 rings (SSSR count). The van der Waals surface area contributed by atoms with Gasteiger partial charge in [-0.05, 0) is 7.05 Å². The van der Waals surface area contributed by atoms with Crippen molar-refractivity contribution >= 4 is 75.5 Å². The number of hydrogen-bond donors (Lipinski definition) is 0. The Bertz CT molecular complexity index is 227. The molecule has 0 bridgehead atoms. The van der Waals surface area contributed by atoms with E-state index >= 15 is 0 Å². The highest BCUT2D eigenvalue weighted by Gasteiger charge is 2.23. The highest BCUT2D eigenvalue weighted by Crippen LogP contribution is 2.31. The molecule has 0 saturated carbocycles. The van der Waals surface area contributed by atoms with E-state index in [4.69, 9.17) is 47.0 Å². The van der Waals surface area contributed by atoms with Crippen LogP contribution in [0, 0.1) is 0 Å². The Morgan fingerprint density at radius 2 is 1.75 bits per heavy atom. The predicted octanol–water partition coefficient (Wildman–Crippen LogP) is 3.04. The van der Waals surface area contributed by atoms with Crippen LogP contribution in [0.5, 0.6) is 0 Å². The highest BCUT2D eigenvalue weighted by molar-refractivity contribution is 8.23. The Kier molecular flexibility index (Phi) is 8.38. The smallest absolute Gasteiger partial charge is 0.199 e. The summed E-state index contributed by atoms with van der Waals surface area (Å²) >= 11 is 23.7. The molecule has 0 aliphatic carbocycles. The van der Waals surface area contributed by atoms with Gasteiger partial charge in [-0.15, -0.1) is 12.4 Å². The largest absolute Gasteiger partial charge is 0.355 e. The van der Waals surface area contributed by atoms with Gasteiger partial charge in [-0.1, -0.05) is 58.8 Å². The third-order valence-electron chi connectivity index (χ3n) is 2.12. The number of rotatable bonds is 1. The van der Waals surface area contributed by atoms with Gasteiger partial charge in [0, 0.05) is 31.9 Å². The van der Waals surface area contributed by atoms with Gasteiger partial charge in [0.1, 0.15) is 4.32 Å². The molecule has 0 aromatic carbocycles. The van der Waals surface area contributed by atoms with Crippen LogP contribution in [-0.2, 0) is 0 Å². The van der Waals surface area contributed by atoms with Crippen LogP contribution in [0.25, 0.3) is 0 Å². The van der Waals surface area contributed by atoms with Gasteiger partial charge in [0.05, 0.1) is 0 Å². The third kappa shape index (κ3) is 6.94. The lowest BCUT2D eigenvalue weighted by molar-refractivity contribution is 0.220. The fourth-order valence-electron chi connectivity index (χ4n) is 1.22. The Hall–Kier alpha value is 1.36. The van der Waals surface area contributed by atoms with Crippen molar-refractivity contribution in [3.05, 3.63) is 0 Å². The number of thioether (sulfide) groups is 1. The summed E-state index contributed by atoms with van der Waals surface area (Å²) in [6.07, 6.45) is 0. The molecule has 1 aliphatic heterocycles. The Morgan fingerprint density at radius 3 is 2.19 bits per heavy atom. The number of piperazine rings is 1. The van der Waals surface area contributed by atoms with E-state index in [1.807, 2.05) is 0 Å². The molecule has 0 radical (unpaired) electrons. The van der Waals surface area contributed by atoms with Crippen LogP contribution in [0.4, 0.5) is 0 Å². The molecule has 0 spiro atoms. The van der Waals surface area contributed by atoms with E-state index in [9.17, 15) is 0 Å². The molecule has 0 atom stereocenters. The molecule has 16 heavy (non-hydrogen) atoms. The van der Waals surface area contributed by atoms with Crippen molar-refractivity contribution in [3.8, 4) is 0 Å². The van der Waals surface area contributed by atoms with E-state index in [0.717, 1.165) is 30.5 Å². The predicted molar refractivity (Wildman–Crippen MR) is 81.7 cm³/mol. The zero-order valence-electron chi connectivity index (χ0n) is 8.79. The lowest BCUT2D eigenvalue weighted by Gasteiger charge is -2.34. The first kappa shape index (κ1) is 17.4. The van der Waals surface area contributed by atoms with E-state index in [2.05, 4.69) is 16.8 Å². The summed E-state index contributed by atoms with van der Waals surface area (Å²) in [6.45, 7) is 3.99. The molecule has 0 N–H and O–H groups in total. The minimum atomic E-state index is -1.22. The summed E-state index contributed by atoms with van der Waals surface area (Å²) in [5.41, 5.74) is 0. The van der Waals surface area contributed by atoms with Gasteiger partial charge in [-0.25, -0.2) is 0 Å². The quantitative estimate of drug-likeness (QED) is 0.533. The van der Waals surface area contributed by atoms with Crippen LogP contribution in [0.3, 0.4) is 0 Å². The van der Waals surface area contributed by atoms with Crippen LogP contribution in [0.2, 0.25) is 0 Å². The Morgan fingerprint density at radius 1 is 1.25 bits per heavy atom. The molecule has 0 amide bonds. The van der Waals surface area contributed by atoms with Gasteiger partial charge in [0.25, 0.3) is 0 Å². The molecular formula is C8H14Cl4N2S2. The topological polar surface area (TPSA) is 6.48 Å². The summed E-state index contributed by atoms with van der Waals surface area (Å²) in [5, 5.41) is 0. The Labute approximate surface area is 127 Å². The number of likely N-dealkylation sites (N-methyl/N-ethyl adjacent to an activating group) is 1. The van der Waals surface area contributed by atoms with E-state index < -0.39 is 3.79 Å². The highest BCUT2D eigenvalue weighted by atomic mass is 35.6. The maximum atomic E-state index is 5.66. The number of nitrogens with zero attached hydrogens (tertiary/aromatic N) is 2. The molecule has 2 nitrogen and oxygen atoms in total. The minimum Gasteiger partial charge on any atom is -0.355 e. The maximum absolute atomic E-state index is 5.66. The van der Waals surface area contributed by atoms with Crippen molar-refractivity contribution in [2.45, 2.75) is 3.79 Å². The average molecular weight is 344 g/mol. The summed E-state index contributed by atoms with van der Waals surface area (Å²) in [5.74, 6) is 0.406. The maximum Gasteiger partial charge on any atom is 0.199 e. The van der Waals surface area contributed by atoms with Crippen molar-refractivity contribution in [3.63, 3.8) is 0 Å². The first-order valence-electron chi connectivity index (χ1n) is 4.55. The van der Waals surface area contributed by atoms with Gasteiger partial charge in [0.2, 0.25) is 0 Å². The second-order valence-corrected chi connectivity index (χ2v) is 7.59. The van der Waals surface area contributed by atoms with Crippen molar-refractivity contribution < 1.29 is 0 Å². The first-order chi connectivity index (χ1) is 6.88. The average Bonchev–Trinajstić information content (AvgIpc) is 2.14. The van der Waals surface area contributed by atoms with Gasteiger partial charge >= 0.3 is 0 Å². The zero-order chi connectivity index (χ0) is 11.5. The second kappa shape index (κ2) is 7.72. The van der Waals surface area contributed by atoms with Crippen molar-refractivity contribution in [2.24, 2.45) is 0 Å². The number of halogens is 4.